The highest BCUT2D eigenvalue weighted by Crippen LogP contribution is 2.29. The summed E-state index contributed by atoms with van der Waals surface area (Å²) in [5.41, 5.74) is 1.00. The highest BCUT2D eigenvalue weighted by molar-refractivity contribution is 6.32. The Hall–Kier alpha value is -2.98. The quantitative estimate of drug-likeness (QED) is 0.668. The first kappa shape index (κ1) is 16.9. The van der Waals surface area contributed by atoms with Gasteiger partial charge in [0.15, 0.2) is 0 Å². The number of amides is 1. The van der Waals surface area contributed by atoms with Crippen LogP contribution in [-0.2, 0) is 0 Å². The number of rotatable bonds is 5. The number of anilines is 1. The third-order valence-corrected chi connectivity index (χ3v) is 3.81. The molecular formula is C20H16ClNO3. The molecule has 5 heteroatoms. The maximum absolute atomic E-state index is 12.6. The number of benzene rings is 3. The molecule has 126 valence electrons. The molecule has 4 nitrogen and oxygen atoms in total. The first-order valence-electron chi connectivity index (χ1n) is 7.64. The van der Waals surface area contributed by atoms with Gasteiger partial charge in [0.25, 0.3) is 5.91 Å². The second-order valence-electron chi connectivity index (χ2n) is 5.21. The lowest BCUT2D eigenvalue weighted by Crippen LogP contribution is -2.13. The van der Waals surface area contributed by atoms with E-state index in [2.05, 4.69) is 5.32 Å². The fourth-order valence-electron chi connectivity index (χ4n) is 2.30. The normalized spacial score (nSPS) is 10.2. The molecule has 0 aromatic heterocycles. The van der Waals surface area contributed by atoms with Gasteiger partial charge >= 0.3 is 0 Å². The fraction of sp³-hybridized carbons (Fsp3) is 0.0500. The predicted octanol–water partition coefficient (Wildman–Crippen LogP) is 5.39. The number of methoxy groups -OCH3 is 1. The van der Waals surface area contributed by atoms with Crippen LogP contribution in [0.1, 0.15) is 10.4 Å². The van der Waals surface area contributed by atoms with Crippen LogP contribution < -0.4 is 14.8 Å². The largest absolute Gasteiger partial charge is 0.495 e. The van der Waals surface area contributed by atoms with E-state index in [0.717, 1.165) is 0 Å². The van der Waals surface area contributed by atoms with E-state index in [-0.39, 0.29) is 5.91 Å². The molecule has 3 aromatic carbocycles. The maximum Gasteiger partial charge on any atom is 0.259 e. The van der Waals surface area contributed by atoms with Crippen LogP contribution >= 0.6 is 11.6 Å². The van der Waals surface area contributed by atoms with Crippen LogP contribution in [0.2, 0.25) is 5.02 Å². The second-order valence-corrected chi connectivity index (χ2v) is 5.62. The van der Waals surface area contributed by atoms with Crippen molar-refractivity contribution in [3.05, 3.63) is 83.4 Å². The third kappa shape index (κ3) is 4.11. The molecule has 0 saturated heterocycles. The minimum Gasteiger partial charge on any atom is -0.495 e. The molecule has 25 heavy (non-hydrogen) atoms. The van der Waals surface area contributed by atoms with E-state index in [4.69, 9.17) is 21.1 Å². The zero-order valence-corrected chi connectivity index (χ0v) is 14.3. The van der Waals surface area contributed by atoms with Crippen molar-refractivity contribution in [3.8, 4) is 17.2 Å². The van der Waals surface area contributed by atoms with Gasteiger partial charge in [-0.05, 0) is 42.5 Å². The fourth-order valence-corrected chi connectivity index (χ4v) is 2.56. The number of hydrogen-bond donors (Lipinski definition) is 1. The van der Waals surface area contributed by atoms with Crippen molar-refractivity contribution in [1.29, 1.82) is 0 Å². The molecule has 3 aromatic rings. The number of para-hydroxylation sites is 2. The Morgan fingerprint density at radius 2 is 1.64 bits per heavy atom. The molecule has 3 rings (SSSR count). The van der Waals surface area contributed by atoms with Crippen molar-refractivity contribution in [3.63, 3.8) is 0 Å². The number of ether oxygens (including phenoxy) is 2. The zero-order valence-electron chi connectivity index (χ0n) is 13.5. The van der Waals surface area contributed by atoms with Gasteiger partial charge in [-0.15, -0.1) is 0 Å². The van der Waals surface area contributed by atoms with Crippen molar-refractivity contribution in [2.24, 2.45) is 0 Å². The predicted molar refractivity (Wildman–Crippen MR) is 98.9 cm³/mol. The number of carbonyl (C=O) groups excluding carboxylic acids is 1. The lowest BCUT2D eigenvalue weighted by atomic mass is 10.1. The van der Waals surface area contributed by atoms with Crippen molar-refractivity contribution in [2.45, 2.75) is 0 Å². The van der Waals surface area contributed by atoms with E-state index in [9.17, 15) is 4.79 Å². The van der Waals surface area contributed by atoms with E-state index < -0.39 is 0 Å². The minimum atomic E-state index is -0.284. The molecule has 0 aliphatic rings. The Bertz CT molecular complexity index is 881. The summed E-state index contributed by atoms with van der Waals surface area (Å²) in [6.45, 7) is 0. The summed E-state index contributed by atoms with van der Waals surface area (Å²) in [6.07, 6.45) is 0. The van der Waals surface area contributed by atoms with Gasteiger partial charge in [0.05, 0.1) is 17.7 Å². The second kappa shape index (κ2) is 7.73. The third-order valence-electron chi connectivity index (χ3n) is 3.51. The minimum absolute atomic E-state index is 0.284. The lowest BCUT2D eigenvalue weighted by molar-refractivity contribution is 0.102. The molecule has 0 saturated carbocycles. The van der Waals surface area contributed by atoms with Crippen LogP contribution in [0.15, 0.2) is 72.8 Å². The molecule has 0 spiro atoms. The molecule has 0 fully saturated rings. The van der Waals surface area contributed by atoms with Gasteiger partial charge < -0.3 is 14.8 Å². The molecule has 0 unspecified atom stereocenters. The summed E-state index contributed by atoms with van der Waals surface area (Å²) in [5.74, 6) is 1.40. The number of halogens is 1. The van der Waals surface area contributed by atoms with Crippen molar-refractivity contribution >= 4 is 23.2 Å². The molecule has 1 amide bonds. The molecular weight excluding hydrogens is 338 g/mol. The van der Waals surface area contributed by atoms with Crippen molar-refractivity contribution in [1.82, 2.24) is 0 Å². The highest BCUT2D eigenvalue weighted by atomic mass is 35.5. The summed E-state index contributed by atoms with van der Waals surface area (Å²) in [4.78, 5) is 12.6. The van der Waals surface area contributed by atoms with Crippen LogP contribution in [0.3, 0.4) is 0 Å². The van der Waals surface area contributed by atoms with Gasteiger partial charge in [0, 0.05) is 5.69 Å². The van der Waals surface area contributed by atoms with Crippen molar-refractivity contribution in [2.75, 3.05) is 12.4 Å². The van der Waals surface area contributed by atoms with Crippen LogP contribution in [0, 0.1) is 0 Å². The van der Waals surface area contributed by atoms with Crippen LogP contribution in [0.5, 0.6) is 17.2 Å². The molecule has 0 heterocycles. The smallest absolute Gasteiger partial charge is 0.259 e. The summed E-state index contributed by atoms with van der Waals surface area (Å²) in [6, 6.07) is 21.4. The SMILES string of the molecule is COc1ccc(NC(=O)c2ccccc2Oc2ccccc2)cc1Cl. The van der Waals surface area contributed by atoms with E-state index in [0.29, 0.717) is 33.5 Å². The number of carbonyl (C=O) groups is 1. The van der Waals surface area contributed by atoms with Crippen LogP contribution in [-0.4, -0.2) is 13.0 Å². The maximum atomic E-state index is 12.6. The first-order valence-corrected chi connectivity index (χ1v) is 8.02. The first-order chi connectivity index (χ1) is 12.2. The monoisotopic (exact) mass is 353 g/mol. The summed E-state index contributed by atoms with van der Waals surface area (Å²) in [7, 11) is 1.54. The molecule has 0 radical (unpaired) electrons. The molecule has 1 N–H and O–H groups in total. The Kier molecular flexibility index (Phi) is 5.21. The van der Waals surface area contributed by atoms with Gasteiger partial charge in [0.1, 0.15) is 17.2 Å². The van der Waals surface area contributed by atoms with Crippen molar-refractivity contribution < 1.29 is 14.3 Å². The van der Waals surface area contributed by atoms with E-state index in [1.54, 1.807) is 36.4 Å². The van der Waals surface area contributed by atoms with Gasteiger partial charge in [-0.2, -0.15) is 0 Å². The van der Waals surface area contributed by atoms with Gasteiger partial charge in [0.2, 0.25) is 0 Å². The molecule has 0 aliphatic heterocycles. The summed E-state index contributed by atoms with van der Waals surface area (Å²) >= 11 is 6.10. The Balaban J connectivity index is 1.82. The van der Waals surface area contributed by atoms with Crippen LogP contribution in [0.25, 0.3) is 0 Å². The average Bonchev–Trinajstić information content (AvgIpc) is 2.63. The number of nitrogens with one attached hydrogen (secondary N) is 1. The van der Waals surface area contributed by atoms with E-state index in [1.807, 2.05) is 36.4 Å². The highest BCUT2D eigenvalue weighted by Gasteiger charge is 2.14. The Morgan fingerprint density at radius 3 is 2.36 bits per heavy atom. The van der Waals surface area contributed by atoms with Gasteiger partial charge in [-0.1, -0.05) is 41.9 Å². The van der Waals surface area contributed by atoms with Crippen LogP contribution in [0.4, 0.5) is 5.69 Å². The summed E-state index contributed by atoms with van der Waals surface area (Å²) < 4.78 is 10.9. The van der Waals surface area contributed by atoms with Gasteiger partial charge in [-0.3, -0.25) is 4.79 Å². The molecule has 0 aliphatic carbocycles. The standard InChI is InChI=1S/C20H16ClNO3/c1-24-19-12-11-14(13-17(19)21)22-20(23)16-9-5-6-10-18(16)25-15-7-3-2-4-8-15/h2-13H,1H3,(H,22,23). The number of hydrogen-bond acceptors (Lipinski definition) is 3. The topological polar surface area (TPSA) is 47.6 Å². The lowest BCUT2D eigenvalue weighted by Gasteiger charge is -2.12. The molecule has 0 atom stereocenters. The Labute approximate surface area is 151 Å². The Morgan fingerprint density at radius 1 is 0.920 bits per heavy atom. The zero-order chi connectivity index (χ0) is 17.6. The average molecular weight is 354 g/mol. The van der Waals surface area contributed by atoms with E-state index >= 15 is 0 Å². The summed E-state index contributed by atoms with van der Waals surface area (Å²) in [5, 5.41) is 3.24. The van der Waals surface area contributed by atoms with Gasteiger partial charge in [-0.25, -0.2) is 0 Å². The molecule has 0 bridgehead atoms. The van der Waals surface area contributed by atoms with E-state index in [1.165, 1.54) is 7.11 Å².